The molecule has 2 aromatic rings. The molecule has 4 nitrogen and oxygen atoms in total. The van der Waals surface area contributed by atoms with E-state index in [4.69, 9.17) is 5.11 Å². The maximum atomic E-state index is 11.9. The van der Waals surface area contributed by atoms with Crippen molar-refractivity contribution in [3.8, 4) is 0 Å². The lowest BCUT2D eigenvalue weighted by atomic mass is 10.1. The van der Waals surface area contributed by atoms with Gasteiger partial charge in [-0.05, 0) is 25.5 Å². The van der Waals surface area contributed by atoms with Gasteiger partial charge in [0.2, 0.25) is 0 Å². The molecule has 1 aromatic carbocycles. The molecule has 1 aromatic heterocycles. The second kappa shape index (κ2) is 5.88. The monoisotopic (exact) mass is 289 g/mol. The van der Waals surface area contributed by atoms with Crippen LogP contribution in [-0.2, 0) is 6.54 Å². The van der Waals surface area contributed by atoms with Gasteiger partial charge in [0, 0.05) is 11.9 Å². The van der Waals surface area contributed by atoms with Gasteiger partial charge in [-0.1, -0.05) is 29.3 Å². The number of carbonyl (C=O) groups excluding carboxylic acids is 1. The molecule has 20 heavy (non-hydrogen) atoms. The Morgan fingerprint density at radius 2 is 1.80 bits per heavy atom. The Labute approximate surface area is 121 Å². The van der Waals surface area contributed by atoms with Gasteiger partial charge in [0.15, 0.2) is 0 Å². The van der Waals surface area contributed by atoms with Gasteiger partial charge in [-0.25, -0.2) is 4.79 Å². The Balaban J connectivity index is 2.02. The smallest absolute Gasteiger partial charge is 0.336 e. The van der Waals surface area contributed by atoms with Crippen LogP contribution in [0.3, 0.4) is 0 Å². The molecular formula is C15H15NO3S. The van der Waals surface area contributed by atoms with E-state index in [9.17, 15) is 9.59 Å². The molecule has 1 amide bonds. The van der Waals surface area contributed by atoms with E-state index in [0.717, 1.165) is 28.0 Å². The third-order valence-corrected chi connectivity index (χ3v) is 3.73. The highest BCUT2D eigenvalue weighted by atomic mass is 32.1. The first kappa shape index (κ1) is 14.3. The molecule has 2 N–H and O–H groups in total. The van der Waals surface area contributed by atoms with E-state index in [2.05, 4.69) is 11.4 Å². The van der Waals surface area contributed by atoms with Crippen LogP contribution in [0.1, 0.15) is 36.7 Å². The van der Waals surface area contributed by atoms with Crippen molar-refractivity contribution in [1.29, 1.82) is 0 Å². The van der Waals surface area contributed by atoms with Crippen molar-refractivity contribution in [3.63, 3.8) is 0 Å². The fourth-order valence-electron chi connectivity index (χ4n) is 2.01. The molecular weight excluding hydrogens is 274 g/mol. The van der Waals surface area contributed by atoms with Crippen LogP contribution < -0.4 is 5.32 Å². The second-order valence-electron chi connectivity index (χ2n) is 4.68. The van der Waals surface area contributed by atoms with Gasteiger partial charge in [-0.15, -0.1) is 11.3 Å². The fraction of sp³-hybridized carbons (Fsp3) is 0.200. The lowest BCUT2D eigenvalue weighted by Gasteiger charge is -2.06. The van der Waals surface area contributed by atoms with E-state index in [1.807, 2.05) is 26.0 Å². The van der Waals surface area contributed by atoms with Gasteiger partial charge in [0.05, 0.1) is 10.4 Å². The van der Waals surface area contributed by atoms with Gasteiger partial charge in [0.25, 0.3) is 5.91 Å². The number of nitrogens with one attached hydrogen (secondary N) is 1. The largest absolute Gasteiger partial charge is 0.478 e. The molecule has 0 saturated heterocycles. The predicted molar refractivity (Wildman–Crippen MR) is 78.4 cm³/mol. The van der Waals surface area contributed by atoms with Crippen molar-refractivity contribution < 1.29 is 14.7 Å². The zero-order valence-corrected chi connectivity index (χ0v) is 12.1. The second-order valence-corrected chi connectivity index (χ2v) is 5.59. The molecule has 0 aliphatic heterocycles. The highest BCUT2D eigenvalue weighted by Gasteiger charge is 2.12. The summed E-state index contributed by atoms with van der Waals surface area (Å²) >= 11 is 1.13. The Kier molecular flexibility index (Phi) is 4.20. The summed E-state index contributed by atoms with van der Waals surface area (Å²) < 4.78 is 0. The van der Waals surface area contributed by atoms with Crippen LogP contribution in [0, 0.1) is 13.8 Å². The van der Waals surface area contributed by atoms with Crippen molar-refractivity contribution in [2.24, 2.45) is 0 Å². The number of aromatic carboxylic acids is 1. The number of carboxylic acid groups (broad SMARTS) is 1. The van der Waals surface area contributed by atoms with Crippen molar-refractivity contribution in [3.05, 3.63) is 56.8 Å². The number of amides is 1. The van der Waals surface area contributed by atoms with E-state index in [-0.39, 0.29) is 11.5 Å². The SMILES string of the molecule is Cc1cc(C)cc(CNC(=O)c2cc(C(=O)O)cs2)c1. The minimum absolute atomic E-state index is 0.145. The van der Waals surface area contributed by atoms with E-state index in [0.29, 0.717) is 11.4 Å². The first-order valence-electron chi connectivity index (χ1n) is 6.13. The Morgan fingerprint density at radius 1 is 1.15 bits per heavy atom. The number of thiophene rings is 1. The summed E-state index contributed by atoms with van der Waals surface area (Å²) in [7, 11) is 0. The number of aryl methyl sites for hydroxylation is 2. The van der Waals surface area contributed by atoms with Crippen LogP contribution in [0.5, 0.6) is 0 Å². The van der Waals surface area contributed by atoms with Gasteiger partial charge in [-0.3, -0.25) is 4.79 Å². The topological polar surface area (TPSA) is 66.4 Å². The molecule has 0 radical (unpaired) electrons. The molecule has 0 unspecified atom stereocenters. The number of rotatable bonds is 4. The highest BCUT2D eigenvalue weighted by molar-refractivity contribution is 7.12. The van der Waals surface area contributed by atoms with Crippen molar-refractivity contribution in [2.75, 3.05) is 0 Å². The molecule has 104 valence electrons. The normalized spacial score (nSPS) is 10.3. The molecule has 0 aliphatic carbocycles. The number of carbonyl (C=O) groups is 2. The molecule has 0 fully saturated rings. The lowest BCUT2D eigenvalue weighted by molar-refractivity contribution is 0.0697. The van der Waals surface area contributed by atoms with Gasteiger partial charge >= 0.3 is 5.97 Å². The van der Waals surface area contributed by atoms with Crippen molar-refractivity contribution in [2.45, 2.75) is 20.4 Å². The van der Waals surface area contributed by atoms with Gasteiger partial charge < -0.3 is 10.4 Å². The molecule has 0 atom stereocenters. The Morgan fingerprint density at radius 3 is 2.35 bits per heavy atom. The fourth-order valence-corrected chi connectivity index (χ4v) is 2.80. The zero-order chi connectivity index (χ0) is 14.7. The van der Waals surface area contributed by atoms with E-state index < -0.39 is 5.97 Å². The summed E-state index contributed by atoms with van der Waals surface area (Å²) in [6.45, 7) is 4.45. The molecule has 0 aliphatic rings. The Bertz CT molecular complexity index is 641. The number of carboxylic acids is 1. The summed E-state index contributed by atoms with van der Waals surface area (Å²) in [6, 6.07) is 7.50. The van der Waals surface area contributed by atoms with Crippen LogP contribution >= 0.6 is 11.3 Å². The lowest BCUT2D eigenvalue weighted by Crippen LogP contribution is -2.21. The average molecular weight is 289 g/mol. The van der Waals surface area contributed by atoms with E-state index in [1.54, 1.807) is 0 Å². The van der Waals surface area contributed by atoms with Gasteiger partial charge in [-0.2, -0.15) is 0 Å². The summed E-state index contributed by atoms with van der Waals surface area (Å²) in [6.07, 6.45) is 0. The van der Waals surface area contributed by atoms with Gasteiger partial charge in [0.1, 0.15) is 0 Å². The number of benzene rings is 1. The van der Waals surface area contributed by atoms with Crippen LogP contribution in [-0.4, -0.2) is 17.0 Å². The predicted octanol–water partition coefficient (Wildman–Crippen LogP) is 2.99. The zero-order valence-electron chi connectivity index (χ0n) is 11.3. The summed E-state index contributed by atoms with van der Waals surface area (Å²) in [5, 5.41) is 13.1. The van der Waals surface area contributed by atoms with Crippen LogP contribution in [0.15, 0.2) is 29.6 Å². The van der Waals surface area contributed by atoms with Crippen LogP contribution in [0.4, 0.5) is 0 Å². The summed E-state index contributed by atoms with van der Waals surface area (Å²) in [5.41, 5.74) is 3.48. The minimum Gasteiger partial charge on any atom is -0.478 e. The first-order chi connectivity index (χ1) is 9.45. The van der Waals surface area contributed by atoms with Crippen LogP contribution in [0.25, 0.3) is 0 Å². The third-order valence-electron chi connectivity index (χ3n) is 2.80. The van der Waals surface area contributed by atoms with Crippen molar-refractivity contribution in [1.82, 2.24) is 5.32 Å². The minimum atomic E-state index is -1.02. The summed E-state index contributed by atoms with van der Waals surface area (Å²) in [5.74, 6) is -1.27. The molecule has 2 rings (SSSR count). The molecule has 0 spiro atoms. The third kappa shape index (κ3) is 3.45. The molecule has 0 saturated carbocycles. The van der Waals surface area contributed by atoms with E-state index >= 15 is 0 Å². The molecule has 0 bridgehead atoms. The average Bonchev–Trinajstić information content (AvgIpc) is 2.84. The standard InChI is InChI=1S/C15H15NO3S/c1-9-3-10(2)5-11(4-9)7-16-14(17)13-6-12(8-20-13)15(18)19/h3-6,8H,7H2,1-2H3,(H,16,17)(H,18,19). The molecule has 5 heteroatoms. The number of hydrogen-bond donors (Lipinski definition) is 2. The Hall–Kier alpha value is -2.14. The van der Waals surface area contributed by atoms with Crippen molar-refractivity contribution >= 4 is 23.2 Å². The maximum absolute atomic E-state index is 11.9. The highest BCUT2D eigenvalue weighted by Crippen LogP contribution is 2.15. The maximum Gasteiger partial charge on any atom is 0.336 e. The molecule has 1 heterocycles. The van der Waals surface area contributed by atoms with E-state index in [1.165, 1.54) is 11.4 Å². The first-order valence-corrected chi connectivity index (χ1v) is 7.01. The summed E-state index contributed by atoms with van der Waals surface area (Å²) in [4.78, 5) is 23.1. The van der Waals surface area contributed by atoms with Crippen LogP contribution in [0.2, 0.25) is 0 Å². The quantitative estimate of drug-likeness (QED) is 0.909. The number of hydrogen-bond acceptors (Lipinski definition) is 3.